The van der Waals surface area contributed by atoms with Gasteiger partial charge in [0, 0.05) is 24.2 Å². The van der Waals surface area contributed by atoms with Gasteiger partial charge in [0.05, 0.1) is 4.88 Å². The van der Waals surface area contributed by atoms with Gasteiger partial charge in [-0.1, -0.05) is 0 Å². The van der Waals surface area contributed by atoms with Gasteiger partial charge in [0.15, 0.2) is 10.8 Å². The molecule has 2 fully saturated rings. The van der Waals surface area contributed by atoms with E-state index in [-0.39, 0.29) is 16.6 Å². The number of aromatic nitrogens is 1. The highest BCUT2D eigenvalue weighted by Crippen LogP contribution is 2.40. The summed E-state index contributed by atoms with van der Waals surface area (Å²) in [4.78, 5) is 18.1. The van der Waals surface area contributed by atoms with Crippen molar-refractivity contribution in [2.24, 2.45) is 5.92 Å². The van der Waals surface area contributed by atoms with Gasteiger partial charge in [0.2, 0.25) is 0 Å². The van der Waals surface area contributed by atoms with Crippen LogP contribution in [0.2, 0.25) is 0 Å². The second-order valence-electron chi connectivity index (χ2n) is 5.61. The zero-order valence-corrected chi connectivity index (χ0v) is 11.8. The fourth-order valence-corrected chi connectivity index (χ4v) is 4.15. The summed E-state index contributed by atoms with van der Waals surface area (Å²) in [6, 6.07) is 0.801. The van der Waals surface area contributed by atoms with Crippen LogP contribution >= 0.6 is 11.3 Å². The van der Waals surface area contributed by atoms with E-state index in [1.165, 1.54) is 0 Å². The molecule has 0 amide bonds. The molecule has 1 aromatic heterocycles. The van der Waals surface area contributed by atoms with Gasteiger partial charge in [-0.05, 0) is 32.7 Å². The number of ketones is 1. The van der Waals surface area contributed by atoms with Gasteiger partial charge in [-0.25, -0.2) is 4.98 Å². The van der Waals surface area contributed by atoms with Gasteiger partial charge in [-0.3, -0.25) is 4.79 Å². The molecular formula is C13H15F3N2OS. The minimum absolute atomic E-state index is 0.145. The van der Waals surface area contributed by atoms with E-state index in [2.05, 4.69) is 16.9 Å². The summed E-state index contributed by atoms with van der Waals surface area (Å²) in [5.41, 5.74) is 0. The van der Waals surface area contributed by atoms with E-state index < -0.39 is 11.2 Å². The highest BCUT2D eigenvalue weighted by molar-refractivity contribution is 7.13. The van der Waals surface area contributed by atoms with Crippen molar-refractivity contribution in [2.45, 2.75) is 43.9 Å². The predicted octanol–water partition coefficient (Wildman–Crippen LogP) is 3.22. The van der Waals surface area contributed by atoms with E-state index in [9.17, 15) is 18.0 Å². The van der Waals surface area contributed by atoms with Crippen LogP contribution in [0.5, 0.6) is 0 Å². The molecule has 2 saturated heterocycles. The van der Waals surface area contributed by atoms with Crippen molar-refractivity contribution in [1.29, 1.82) is 0 Å². The lowest BCUT2D eigenvalue weighted by Gasteiger charge is -2.35. The Hall–Kier alpha value is -0.950. The summed E-state index contributed by atoms with van der Waals surface area (Å²) in [7, 11) is 2.07. The van der Waals surface area contributed by atoms with Crippen molar-refractivity contribution in [3.05, 3.63) is 16.1 Å². The number of carbonyl (C=O) groups is 1. The normalized spacial score (nSPS) is 30.7. The van der Waals surface area contributed by atoms with E-state index in [1.807, 2.05) is 0 Å². The molecule has 0 aromatic carbocycles. The molecule has 3 rings (SSSR count). The lowest BCUT2D eigenvalue weighted by molar-refractivity contribution is -0.137. The Morgan fingerprint density at radius 2 is 1.95 bits per heavy atom. The standard InChI is InChI=1S/C13H15F3N2OS/c1-18-8-2-3-9(18)5-7(4-8)11(19)10-6-17-12(20-10)13(14,15)16/h6-9H,2-5H2,1H3. The number of carbonyl (C=O) groups excluding carboxylic acids is 1. The van der Waals surface area contributed by atoms with E-state index in [0.717, 1.165) is 31.9 Å². The number of nitrogens with zero attached hydrogens (tertiary/aromatic N) is 2. The minimum Gasteiger partial charge on any atom is -0.300 e. The quantitative estimate of drug-likeness (QED) is 0.787. The number of hydrogen-bond donors (Lipinski definition) is 0. The number of thiazole rings is 1. The van der Waals surface area contributed by atoms with Crippen molar-refractivity contribution in [1.82, 2.24) is 9.88 Å². The Labute approximate surface area is 118 Å². The van der Waals surface area contributed by atoms with Crippen LogP contribution < -0.4 is 0 Å². The zero-order chi connectivity index (χ0) is 14.5. The van der Waals surface area contributed by atoms with Crippen molar-refractivity contribution in [3.63, 3.8) is 0 Å². The third-order valence-electron chi connectivity index (χ3n) is 4.46. The van der Waals surface area contributed by atoms with Crippen LogP contribution in [0, 0.1) is 5.92 Å². The minimum atomic E-state index is -4.46. The maximum Gasteiger partial charge on any atom is 0.443 e. The molecule has 110 valence electrons. The SMILES string of the molecule is CN1C2CCC1CC(C(=O)c1cnc(C(F)(F)F)s1)C2. The van der Waals surface area contributed by atoms with Crippen LogP contribution in [-0.4, -0.2) is 34.8 Å². The molecule has 3 heterocycles. The largest absolute Gasteiger partial charge is 0.443 e. The molecule has 2 bridgehead atoms. The molecule has 0 N–H and O–H groups in total. The molecule has 1 aromatic rings. The number of alkyl halides is 3. The van der Waals surface area contributed by atoms with E-state index >= 15 is 0 Å². The van der Waals surface area contributed by atoms with Crippen molar-refractivity contribution >= 4 is 17.1 Å². The fraction of sp³-hybridized carbons (Fsp3) is 0.692. The molecule has 0 saturated carbocycles. The summed E-state index contributed by atoms with van der Waals surface area (Å²) >= 11 is 0.466. The smallest absolute Gasteiger partial charge is 0.300 e. The van der Waals surface area contributed by atoms with Gasteiger partial charge < -0.3 is 4.90 Å². The Balaban J connectivity index is 1.75. The number of hydrogen-bond acceptors (Lipinski definition) is 4. The van der Waals surface area contributed by atoms with Gasteiger partial charge in [0.1, 0.15) is 0 Å². The first kappa shape index (κ1) is 14.0. The second kappa shape index (κ2) is 4.80. The van der Waals surface area contributed by atoms with Crippen LogP contribution in [0.4, 0.5) is 13.2 Å². The molecule has 2 aliphatic heterocycles. The summed E-state index contributed by atoms with van der Waals surface area (Å²) in [6.45, 7) is 0. The lowest BCUT2D eigenvalue weighted by atomic mass is 9.87. The zero-order valence-electron chi connectivity index (χ0n) is 11.0. The van der Waals surface area contributed by atoms with Crippen molar-refractivity contribution in [3.8, 4) is 0 Å². The molecule has 2 aliphatic rings. The van der Waals surface area contributed by atoms with Gasteiger partial charge in [0.25, 0.3) is 0 Å². The summed E-state index contributed by atoms with van der Waals surface area (Å²) in [6.07, 6.45) is 0.296. The van der Waals surface area contributed by atoms with Crippen LogP contribution in [0.25, 0.3) is 0 Å². The Bertz CT molecular complexity index is 514. The van der Waals surface area contributed by atoms with E-state index in [0.29, 0.717) is 23.4 Å². The lowest BCUT2D eigenvalue weighted by Crippen LogP contribution is -2.41. The fourth-order valence-electron chi connectivity index (χ4n) is 3.35. The average Bonchev–Trinajstić information content (AvgIpc) is 2.91. The maximum absolute atomic E-state index is 12.5. The molecule has 2 atom stereocenters. The Morgan fingerprint density at radius 3 is 2.45 bits per heavy atom. The number of piperidine rings is 1. The average molecular weight is 304 g/mol. The van der Waals surface area contributed by atoms with E-state index in [1.54, 1.807) is 0 Å². The first-order chi connectivity index (χ1) is 9.36. The third-order valence-corrected chi connectivity index (χ3v) is 5.52. The van der Waals surface area contributed by atoms with Crippen molar-refractivity contribution in [2.75, 3.05) is 7.05 Å². The second-order valence-corrected chi connectivity index (χ2v) is 6.64. The summed E-state index contributed by atoms with van der Waals surface area (Å²) in [5, 5.41) is -0.934. The monoisotopic (exact) mass is 304 g/mol. The molecule has 0 aliphatic carbocycles. The number of halogens is 3. The van der Waals surface area contributed by atoms with Crippen LogP contribution in [0.1, 0.15) is 40.4 Å². The van der Waals surface area contributed by atoms with Crippen LogP contribution in [0.15, 0.2) is 6.20 Å². The number of rotatable bonds is 2. The summed E-state index contributed by atoms with van der Waals surface area (Å²) < 4.78 is 37.6. The topological polar surface area (TPSA) is 33.2 Å². The van der Waals surface area contributed by atoms with Gasteiger partial charge in [-0.15, -0.1) is 11.3 Å². The number of Topliss-reactive ketones (excluding diaryl/α,β-unsaturated/α-hetero) is 1. The highest BCUT2D eigenvalue weighted by atomic mass is 32.1. The Kier molecular flexibility index (Phi) is 3.36. The molecule has 7 heteroatoms. The molecule has 20 heavy (non-hydrogen) atoms. The van der Waals surface area contributed by atoms with E-state index in [4.69, 9.17) is 0 Å². The molecule has 0 radical (unpaired) electrons. The predicted molar refractivity (Wildman–Crippen MR) is 68.7 cm³/mol. The molecule has 2 unspecified atom stereocenters. The number of fused-ring (bicyclic) bond motifs is 2. The molecule has 3 nitrogen and oxygen atoms in total. The summed E-state index contributed by atoms with van der Waals surface area (Å²) in [5.74, 6) is -0.312. The Morgan fingerprint density at radius 1 is 1.35 bits per heavy atom. The molecular weight excluding hydrogens is 289 g/mol. The van der Waals surface area contributed by atoms with Gasteiger partial charge in [-0.2, -0.15) is 13.2 Å². The van der Waals surface area contributed by atoms with Crippen LogP contribution in [0.3, 0.4) is 0 Å². The highest BCUT2D eigenvalue weighted by Gasteiger charge is 2.42. The van der Waals surface area contributed by atoms with Crippen LogP contribution in [-0.2, 0) is 6.18 Å². The van der Waals surface area contributed by atoms with Gasteiger partial charge >= 0.3 is 6.18 Å². The molecule has 0 spiro atoms. The first-order valence-corrected chi connectivity index (χ1v) is 7.47. The maximum atomic E-state index is 12.5. The third kappa shape index (κ3) is 2.37. The first-order valence-electron chi connectivity index (χ1n) is 6.65. The van der Waals surface area contributed by atoms with Crippen molar-refractivity contribution < 1.29 is 18.0 Å².